The second-order valence-corrected chi connectivity index (χ2v) is 4.54. The van der Waals surface area contributed by atoms with Crippen LogP contribution in [0.15, 0.2) is 5.11 Å². The van der Waals surface area contributed by atoms with E-state index in [2.05, 4.69) is 20.2 Å². The summed E-state index contributed by atoms with van der Waals surface area (Å²) >= 11 is 0. The Morgan fingerprint density at radius 3 is 3.15 bits per heavy atom. The summed E-state index contributed by atoms with van der Waals surface area (Å²) < 4.78 is 10.3. The fourth-order valence-corrected chi connectivity index (χ4v) is 2.03. The van der Waals surface area contributed by atoms with E-state index in [0.717, 1.165) is 26.1 Å². The second-order valence-electron chi connectivity index (χ2n) is 4.54. The highest BCUT2D eigenvalue weighted by Gasteiger charge is 2.20. The molecule has 1 aliphatic heterocycles. The van der Waals surface area contributed by atoms with Gasteiger partial charge in [0.25, 0.3) is 0 Å². The molecule has 1 aliphatic rings. The van der Waals surface area contributed by atoms with Crippen LogP contribution in [0.2, 0.25) is 0 Å². The fraction of sp³-hybridized carbons (Fsp3) is 0.917. The van der Waals surface area contributed by atoms with E-state index in [9.17, 15) is 4.79 Å². The van der Waals surface area contributed by atoms with Crippen molar-refractivity contribution in [3.05, 3.63) is 10.4 Å². The van der Waals surface area contributed by atoms with Crippen LogP contribution in [-0.4, -0.2) is 69.5 Å². The predicted octanol–water partition coefficient (Wildman–Crippen LogP) is 0.540. The van der Waals surface area contributed by atoms with Gasteiger partial charge in [-0.05, 0) is 25.4 Å². The van der Waals surface area contributed by atoms with Gasteiger partial charge in [0.15, 0.2) is 0 Å². The Morgan fingerprint density at radius 1 is 1.55 bits per heavy atom. The van der Waals surface area contributed by atoms with Crippen LogP contribution in [0.5, 0.6) is 0 Å². The molecule has 8 heteroatoms. The third-order valence-electron chi connectivity index (χ3n) is 3.01. The van der Waals surface area contributed by atoms with Crippen LogP contribution in [0.1, 0.15) is 13.3 Å². The molecule has 0 spiro atoms. The Bertz CT molecular complexity index is 333. The van der Waals surface area contributed by atoms with Crippen molar-refractivity contribution in [2.24, 2.45) is 5.11 Å². The number of rotatable bonds is 10. The summed E-state index contributed by atoms with van der Waals surface area (Å²) in [6.45, 7) is 6.85. The van der Waals surface area contributed by atoms with Gasteiger partial charge in [-0.3, -0.25) is 4.79 Å². The molecule has 1 saturated heterocycles. The highest BCUT2D eigenvalue weighted by molar-refractivity contribution is 5.71. The lowest BCUT2D eigenvalue weighted by molar-refractivity contribution is -0.142. The maximum absolute atomic E-state index is 11.0. The smallest absolute Gasteiger partial charge is 0.319 e. The Balaban J connectivity index is 1.90. The fourth-order valence-electron chi connectivity index (χ4n) is 2.03. The second kappa shape index (κ2) is 10.4. The molecular weight excluding hydrogens is 262 g/mol. The average molecular weight is 285 g/mol. The zero-order chi connectivity index (χ0) is 14.6. The van der Waals surface area contributed by atoms with Gasteiger partial charge in [0.1, 0.15) is 0 Å². The molecule has 1 atom stereocenters. The summed E-state index contributed by atoms with van der Waals surface area (Å²) in [5, 5.41) is 6.67. The van der Waals surface area contributed by atoms with Crippen LogP contribution >= 0.6 is 0 Å². The first-order valence-corrected chi connectivity index (χ1v) is 6.97. The van der Waals surface area contributed by atoms with Gasteiger partial charge >= 0.3 is 5.97 Å². The number of hydrogen-bond acceptors (Lipinski definition) is 6. The Labute approximate surface area is 119 Å². The number of esters is 1. The van der Waals surface area contributed by atoms with Gasteiger partial charge < -0.3 is 19.7 Å². The molecule has 1 N–H and O–H groups in total. The maximum atomic E-state index is 11.0. The first-order valence-electron chi connectivity index (χ1n) is 6.97. The largest absolute Gasteiger partial charge is 0.465 e. The van der Waals surface area contributed by atoms with Crippen molar-refractivity contribution in [1.82, 2.24) is 10.2 Å². The molecule has 1 heterocycles. The van der Waals surface area contributed by atoms with Crippen LogP contribution in [0.3, 0.4) is 0 Å². The minimum atomic E-state index is -0.242. The molecule has 1 fully saturated rings. The SMILES string of the molecule is CCOC(=O)CNCCOCCN1CCC(N=[N+]=[N-])C1. The lowest BCUT2D eigenvalue weighted by atomic mass is 10.3. The molecular formula is C12H23N5O3. The van der Waals surface area contributed by atoms with Crippen molar-refractivity contribution in [1.29, 1.82) is 0 Å². The van der Waals surface area contributed by atoms with Crippen LogP contribution in [0.4, 0.5) is 0 Å². The van der Waals surface area contributed by atoms with Crippen molar-refractivity contribution in [3.63, 3.8) is 0 Å². The van der Waals surface area contributed by atoms with Gasteiger partial charge in [0.05, 0.1) is 32.4 Å². The van der Waals surface area contributed by atoms with E-state index in [1.807, 2.05) is 0 Å². The zero-order valence-electron chi connectivity index (χ0n) is 12.0. The molecule has 0 aromatic heterocycles. The van der Waals surface area contributed by atoms with Gasteiger partial charge in [0.2, 0.25) is 0 Å². The van der Waals surface area contributed by atoms with Crippen molar-refractivity contribution in [3.8, 4) is 0 Å². The first-order chi connectivity index (χ1) is 9.76. The summed E-state index contributed by atoms with van der Waals surface area (Å²) in [5.74, 6) is -0.242. The van der Waals surface area contributed by atoms with Crippen LogP contribution < -0.4 is 5.32 Å². The highest BCUT2D eigenvalue weighted by atomic mass is 16.5. The van der Waals surface area contributed by atoms with Gasteiger partial charge in [-0.25, -0.2) is 0 Å². The normalized spacial score (nSPS) is 18.8. The van der Waals surface area contributed by atoms with Gasteiger partial charge in [-0.15, -0.1) is 0 Å². The molecule has 0 saturated carbocycles. The third-order valence-corrected chi connectivity index (χ3v) is 3.01. The highest BCUT2D eigenvalue weighted by Crippen LogP contribution is 2.11. The molecule has 0 aromatic carbocycles. The molecule has 0 aromatic rings. The lowest BCUT2D eigenvalue weighted by Gasteiger charge is -2.14. The molecule has 0 radical (unpaired) electrons. The standard InChI is InChI=1S/C12H23N5O3/c1-2-20-12(18)9-14-4-7-19-8-6-17-5-3-11(10-17)15-16-13/h11,14H,2-10H2,1H3. The lowest BCUT2D eigenvalue weighted by Crippen LogP contribution is -2.29. The zero-order valence-corrected chi connectivity index (χ0v) is 12.0. The predicted molar refractivity (Wildman–Crippen MR) is 74.3 cm³/mol. The quantitative estimate of drug-likeness (QED) is 0.208. The number of carbonyl (C=O) groups is 1. The van der Waals surface area contributed by atoms with Crippen molar-refractivity contribution in [2.75, 3.05) is 52.5 Å². The minimum absolute atomic E-state index is 0.103. The Kier molecular flexibility index (Phi) is 8.73. The summed E-state index contributed by atoms with van der Waals surface area (Å²) in [6.07, 6.45) is 0.922. The maximum Gasteiger partial charge on any atom is 0.319 e. The number of carbonyl (C=O) groups excluding carboxylic acids is 1. The topological polar surface area (TPSA) is 99.6 Å². The first kappa shape index (κ1) is 16.7. The minimum Gasteiger partial charge on any atom is -0.465 e. The van der Waals surface area contributed by atoms with Crippen LogP contribution in [0, 0.1) is 0 Å². The number of nitrogens with zero attached hydrogens (tertiary/aromatic N) is 4. The summed E-state index contributed by atoms with van der Waals surface area (Å²) in [6, 6.07) is 0.103. The summed E-state index contributed by atoms with van der Waals surface area (Å²) in [5.41, 5.74) is 8.36. The van der Waals surface area contributed by atoms with E-state index < -0.39 is 0 Å². The molecule has 8 nitrogen and oxygen atoms in total. The van der Waals surface area contributed by atoms with Crippen molar-refractivity contribution < 1.29 is 14.3 Å². The molecule has 114 valence electrons. The van der Waals surface area contributed by atoms with E-state index in [1.165, 1.54) is 0 Å². The van der Waals surface area contributed by atoms with E-state index in [-0.39, 0.29) is 18.6 Å². The Hall–Kier alpha value is -1.34. The van der Waals surface area contributed by atoms with E-state index in [0.29, 0.717) is 26.4 Å². The van der Waals surface area contributed by atoms with Gasteiger partial charge in [0, 0.05) is 24.5 Å². The van der Waals surface area contributed by atoms with E-state index in [4.69, 9.17) is 15.0 Å². The van der Waals surface area contributed by atoms with Gasteiger partial charge in [-0.1, -0.05) is 5.11 Å². The van der Waals surface area contributed by atoms with Crippen LogP contribution in [-0.2, 0) is 14.3 Å². The molecule has 1 unspecified atom stereocenters. The number of ether oxygens (including phenoxy) is 2. The Morgan fingerprint density at radius 2 is 2.40 bits per heavy atom. The van der Waals surface area contributed by atoms with Crippen molar-refractivity contribution in [2.45, 2.75) is 19.4 Å². The number of hydrogen-bond donors (Lipinski definition) is 1. The number of nitrogens with one attached hydrogen (secondary N) is 1. The summed E-state index contributed by atoms with van der Waals surface area (Å²) in [4.78, 5) is 16.1. The van der Waals surface area contributed by atoms with Gasteiger partial charge in [-0.2, -0.15) is 0 Å². The molecule has 0 amide bonds. The molecule has 0 aliphatic carbocycles. The molecule has 1 rings (SSSR count). The van der Waals surface area contributed by atoms with E-state index >= 15 is 0 Å². The summed E-state index contributed by atoms with van der Waals surface area (Å²) in [7, 11) is 0. The van der Waals surface area contributed by atoms with E-state index in [1.54, 1.807) is 6.92 Å². The van der Waals surface area contributed by atoms with Crippen molar-refractivity contribution >= 4 is 5.97 Å². The average Bonchev–Trinajstić information content (AvgIpc) is 2.86. The number of azide groups is 1. The monoisotopic (exact) mass is 285 g/mol. The van der Waals surface area contributed by atoms with Crippen LogP contribution in [0.25, 0.3) is 10.4 Å². The molecule has 0 bridgehead atoms. The molecule has 20 heavy (non-hydrogen) atoms. The third kappa shape index (κ3) is 7.30. The number of likely N-dealkylation sites (tertiary alicyclic amines) is 1.